The van der Waals surface area contributed by atoms with Gasteiger partial charge in [-0.25, -0.2) is 13.1 Å². The van der Waals surface area contributed by atoms with Crippen molar-refractivity contribution in [2.45, 2.75) is 12.5 Å². The van der Waals surface area contributed by atoms with Gasteiger partial charge in [-0.05, 0) is 24.6 Å². The molecule has 1 aliphatic rings. The van der Waals surface area contributed by atoms with E-state index in [1.807, 2.05) is 18.2 Å². The van der Waals surface area contributed by atoms with E-state index in [9.17, 15) is 8.42 Å². The van der Waals surface area contributed by atoms with Crippen LogP contribution in [0.4, 0.5) is 5.69 Å². The second-order valence-corrected chi connectivity index (χ2v) is 7.99. The Balaban J connectivity index is 0.00000312. The molecule has 0 aliphatic carbocycles. The molecular formula is C15H25ClIN5O2S. The lowest BCUT2D eigenvalue weighted by atomic mass is 10.3. The summed E-state index contributed by atoms with van der Waals surface area (Å²) in [6.45, 7) is 2.60. The van der Waals surface area contributed by atoms with E-state index in [1.165, 1.54) is 0 Å². The van der Waals surface area contributed by atoms with Crippen molar-refractivity contribution in [3.05, 3.63) is 29.3 Å². The fourth-order valence-electron chi connectivity index (χ4n) is 2.59. The highest BCUT2D eigenvalue weighted by molar-refractivity contribution is 14.0. The van der Waals surface area contributed by atoms with Crippen LogP contribution in [0.1, 0.15) is 6.42 Å². The van der Waals surface area contributed by atoms with Crippen molar-refractivity contribution in [2.24, 2.45) is 4.99 Å². The van der Waals surface area contributed by atoms with Crippen LogP contribution in [-0.2, 0) is 10.0 Å². The lowest BCUT2D eigenvalue weighted by molar-refractivity contribution is 0.585. The van der Waals surface area contributed by atoms with Gasteiger partial charge in [0.15, 0.2) is 5.96 Å². The molecule has 0 radical (unpaired) electrons. The Kier molecular flexibility index (Phi) is 9.25. The van der Waals surface area contributed by atoms with Crippen LogP contribution in [0.5, 0.6) is 0 Å². The summed E-state index contributed by atoms with van der Waals surface area (Å²) in [5.41, 5.74) is 1.12. The number of halogens is 2. The summed E-state index contributed by atoms with van der Waals surface area (Å²) in [6.07, 6.45) is 2.14. The van der Waals surface area contributed by atoms with Crippen molar-refractivity contribution < 1.29 is 8.42 Å². The molecular weight excluding hydrogens is 477 g/mol. The maximum absolute atomic E-state index is 11.0. The lowest BCUT2D eigenvalue weighted by Gasteiger charge is -2.20. The predicted molar refractivity (Wildman–Crippen MR) is 115 cm³/mol. The van der Waals surface area contributed by atoms with E-state index >= 15 is 0 Å². The van der Waals surface area contributed by atoms with Gasteiger partial charge in [0.1, 0.15) is 0 Å². The third-order valence-corrected chi connectivity index (χ3v) is 4.67. The normalized spacial score (nSPS) is 18.0. The number of nitrogens with zero attached hydrogens (tertiary/aromatic N) is 2. The number of hydrogen-bond acceptors (Lipinski definition) is 4. The number of nitrogens with one attached hydrogen (secondary N) is 3. The van der Waals surface area contributed by atoms with E-state index in [0.29, 0.717) is 19.0 Å². The summed E-state index contributed by atoms with van der Waals surface area (Å²) < 4.78 is 24.5. The number of guanidine groups is 1. The van der Waals surface area contributed by atoms with E-state index < -0.39 is 10.0 Å². The number of aliphatic imine (C=N–C) groups is 1. The molecule has 0 saturated carbocycles. The minimum absolute atomic E-state index is 0. The van der Waals surface area contributed by atoms with E-state index in [4.69, 9.17) is 11.6 Å². The molecule has 142 valence electrons. The molecule has 1 aliphatic heterocycles. The zero-order chi connectivity index (χ0) is 17.6. The van der Waals surface area contributed by atoms with Crippen molar-refractivity contribution in [1.29, 1.82) is 0 Å². The van der Waals surface area contributed by atoms with Crippen molar-refractivity contribution in [3.8, 4) is 0 Å². The van der Waals surface area contributed by atoms with Crippen LogP contribution in [0.3, 0.4) is 0 Å². The number of benzene rings is 1. The third-order valence-electron chi connectivity index (χ3n) is 3.71. The molecule has 25 heavy (non-hydrogen) atoms. The Labute approximate surface area is 171 Å². The zero-order valence-corrected chi connectivity index (χ0v) is 18.2. The van der Waals surface area contributed by atoms with Gasteiger partial charge in [-0.2, -0.15) is 0 Å². The number of sulfonamides is 1. The van der Waals surface area contributed by atoms with Gasteiger partial charge in [-0.15, -0.1) is 24.0 Å². The average molecular weight is 502 g/mol. The number of hydrogen-bond donors (Lipinski definition) is 3. The standard InChI is InChI=1S/C15H24ClN5O2S.HI/c1-17-15(18-7-8-19-24(2,22)23)20-13-6-9-21(11-13)14-5-3-4-12(16)10-14;/h3-5,10,13,19H,6-9,11H2,1-2H3,(H2,17,18,20);1H. The lowest BCUT2D eigenvalue weighted by Crippen LogP contribution is -2.46. The van der Waals surface area contributed by atoms with Crippen molar-refractivity contribution >= 4 is 57.2 Å². The largest absolute Gasteiger partial charge is 0.369 e. The van der Waals surface area contributed by atoms with Crippen LogP contribution in [0.25, 0.3) is 0 Å². The van der Waals surface area contributed by atoms with Gasteiger partial charge >= 0.3 is 0 Å². The quantitative estimate of drug-likeness (QED) is 0.236. The molecule has 2 rings (SSSR count). The van der Waals surface area contributed by atoms with Crippen molar-refractivity contribution in [1.82, 2.24) is 15.4 Å². The van der Waals surface area contributed by atoms with Crippen LogP contribution < -0.4 is 20.3 Å². The first-order valence-corrected chi connectivity index (χ1v) is 10.1. The van der Waals surface area contributed by atoms with Gasteiger partial charge in [-0.3, -0.25) is 4.99 Å². The molecule has 1 fully saturated rings. The summed E-state index contributed by atoms with van der Waals surface area (Å²) in [5.74, 6) is 0.670. The average Bonchev–Trinajstić information content (AvgIpc) is 2.98. The van der Waals surface area contributed by atoms with Crippen molar-refractivity contribution in [3.63, 3.8) is 0 Å². The predicted octanol–water partition coefficient (Wildman–Crippen LogP) is 1.25. The van der Waals surface area contributed by atoms with Crippen LogP contribution in [-0.4, -0.2) is 59.9 Å². The highest BCUT2D eigenvalue weighted by atomic mass is 127. The van der Waals surface area contributed by atoms with E-state index in [1.54, 1.807) is 7.05 Å². The third kappa shape index (κ3) is 7.97. The van der Waals surface area contributed by atoms with Gasteiger partial charge in [0.25, 0.3) is 0 Å². The number of rotatable bonds is 6. The maximum atomic E-state index is 11.0. The highest BCUT2D eigenvalue weighted by Gasteiger charge is 2.23. The second kappa shape index (κ2) is 10.4. The maximum Gasteiger partial charge on any atom is 0.208 e. The second-order valence-electron chi connectivity index (χ2n) is 5.72. The highest BCUT2D eigenvalue weighted by Crippen LogP contribution is 2.23. The molecule has 7 nitrogen and oxygen atoms in total. The van der Waals surface area contributed by atoms with Crippen LogP contribution in [0.15, 0.2) is 29.3 Å². The summed E-state index contributed by atoms with van der Waals surface area (Å²) in [7, 11) is -1.46. The van der Waals surface area contributed by atoms with Crippen LogP contribution in [0.2, 0.25) is 5.02 Å². The fraction of sp³-hybridized carbons (Fsp3) is 0.533. The molecule has 0 aromatic heterocycles. The zero-order valence-electron chi connectivity index (χ0n) is 14.3. The monoisotopic (exact) mass is 501 g/mol. The molecule has 1 aromatic rings. The Bertz CT molecular complexity index is 686. The molecule has 1 atom stereocenters. The first-order chi connectivity index (χ1) is 11.4. The minimum Gasteiger partial charge on any atom is -0.369 e. The Hall–Kier alpha value is -0.780. The smallest absolute Gasteiger partial charge is 0.208 e. The first-order valence-electron chi connectivity index (χ1n) is 7.80. The van der Waals surface area contributed by atoms with Crippen LogP contribution >= 0.6 is 35.6 Å². The van der Waals surface area contributed by atoms with Gasteiger partial charge in [0.05, 0.1) is 6.26 Å². The van der Waals surface area contributed by atoms with Gasteiger partial charge < -0.3 is 15.5 Å². The summed E-state index contributed by atoms with van der Waals surface area (Å²) in [6, 6.07) is 8.12. The SMILES string of the molecule is CN=C(NCCNS(C)(=O)=O)NC1CCN(c2cccc(Cl)c2)C1.I. The molecule has 1 aromatic carbocycles. The molecule has 0 spiro atoms. The van der Waals surface area contributed by atoms with E-state index in [-0.39, 0.29) is 30.0 Å². The number of anilines is 1. The topological polar surface area (TPSA) is 85.8 Å². The molecule has 1 heterocycles. The van der Waals surface area contributed by atoms with Crippen LogP contribution in [0, 0.1) is 0 Å². The molecule has 0 bridgehead atoms. The van der Waals surface area contributed by atoms with Gasteiger partial charge in [-0.1, -0.05) is 17.7 Å². The first kappa shape index (κ1) is 22.3. The summed E-state index contributed by atoms with van der Waals surface area (Å²) in [5, 5.41) is 7.21. The molecule has 0 amide bonds. The Morgan fingerprint density at radius 1 is 1.40 bits per heavy atom. The van der Waals surface area contributed by atoms with Crippen molar-refractivity contribution in [2.75, 3.05) is 44.4 Å². The fourth-order valence-corrected chi connectivity index (χ4v) is 3.25. The van der Waals surface area contributed by atoms with Gasteiger partial charge in [0, 0.05) is 50.0 Å². The molecule has 10 heteroatoms. The summed E-state index contributed by atoms with van der Waals surface area (Å²) in [4.78, 5) is 6.45. The molecule has 3 N–H and O–H groups in total. The Morgan fingerprint density at radius 3 is 2.80 bits per heavy atom. The van der Waals surface area contributed by atoms with Gasteiger partial charge in [0.2, 0.25) is 10.0 Å². The Morgan fingerprint density at radius 2 is 2.16 bits per heavy atom. The summed E-state index contributed by atoms with van der Waals surface area (Å²) >= 11 is 6.05. The minimum atomic E-state index is -3.16. The molecule has 1 saturated heterocycles. The van der Waals surface area contributed by atoms with E-state index in [2.05, 4.69) is 31.3 Å². The molecule has 1 unspecified atom stereocenters. The van der Waals surface area contributed by atoms with E-state index in [0.717, 1.165) is 36.5 Å².